The minimum absolute atomic E-state index is 0.265. The molecule has 1 fully saturated rings. The van der Waals surface area contributed by atoms with Gasteiger partial charge in [-0.3, -0.25) is 0 Å². The quantitative estimate of drug-likeness (QED) is 0.851. The van der Waals surface area contributed by atoms with Crippen molar-refractivity contribution in [3.8, 4) is 0 Å². The second kappa shape index (κ2) is 5.02. The second-order valence-corrected chi connectivity index (χ2v) is 8.54. The molecular weight excluding hydrogens is 294 g/mol. The highest BCUT2D eigenvalue weighted by Crippen LogP contribution is 2.47. The molecule has 6 heteroatoms. The molecule has 108 valence electrons. The van der Waals surface area contributed by atoms with E-state index in [1.54, 1.807) is 24.6 Å². The van der Waals surface area contributed by atoms with Crippen molar-refractivity contribution in [2.45, 2.75) is 30.0 Å². The van der Waals surface area contributed by atoms with Gasteiger partial charge in [0.25, 0.3) is 10.0 Å². The molecular formula is C14H17NO3S2. The van der Waals surface area contributed by atoms with E-state index in [9.17, 15) is 8.42 Å². The van der Waals surface area contributed by atoms with Crippen LogP contribution < -0.4 is 0 Å². The predicted molar refractivity (Wildman–Crippen MR) is 78.2 cm³/mol. The van der Waals surface area contributed by atoms with Gasteiger partial charge in [0.1, 0.15) is 15.7 Å². The summed E-state index contributed by atoms with van der Waals surface area (Å²) in [5.41, 5.74) is 0. The molecule has 2 atom stereocenters. The first-order chi connectivity index (χ1) is 9.48. The summed E-state index contributed by atoms with van der Waals surface area (Å²) in [7, 11) is -1.83. The lowest BCUT2D eigenvalue weighted by Gasteiger charge is -2.14. The van der Waals surface area contributed by atoms with E-state index < -0.39 is 10.0 Å². The molecule has 0 unspecified atom stereocenters. The van der Waals surface area contributed by atoms with Crippen LogP contribution >= 0.6 is 11.3 Å². The average molecular weight is 311 g/mol. The van der Waals surface area contributed by atoms with E-state index in [4.69, 9.17) is 4.42 Å². The maximum absolute atomic E-state index is 12.3. The van der Waals surface area contributed by atoms with Crippen molar-refractivity contribution in [3.63, 3.8) is 0 Å². The Labute approximate surface area is 123 Å². The topological polar surface area (TPSA) is 50.5 Å². The zero-order valence-electron chi connectivity index (χ0n) is 11.4. The Kier molecular flexibility index (Phi) is 3.48. The highest BCUT2D eigenvalue weighted by molar-refractivity contribution is 7.91. The van der Waals surface area contributed by atoms with Gasteiger partial charge in [-0.2, -0.15) is 4.31 Å². The Bertz CT molecular complexity index is 688. The van der Waals surface area contributed by atoms with Crippen molar-refractivity contribution in [2.75, 3.05) is 7.05 Å². The van der Waals surface area contributed by atoms with Crippen LogP contribution in [-0.4, -0.2) is 19.8 Å². The fourth-order valence-corrected chi connectivity index (χ4v) is 4.60. The van der Waals surface area contributed by atoms with E-state index in [2.05, 4.69) is 6.92 Å². The van der Waals surface area contributed by atoms with Crippen LogP contribution in [0.15, 0.2) is 38.3 Å². The molecule has 0 spiro atoms. The third-order valence-corrected chi connectivity index (χ3v) is 6.87. The van der Waals surface area contributed by atoms with Crippen LogP contribution in [0.25, 0.3) is 0 Å². The van der Waals surface area contributed by atoms with E-state index >= 15 is 0 Å². The number of hydrogen-bond donors (Lipinski definition) is 0. The predicted octanol–water partition coefficient (Wildman–Crippen LogP) is 3.29. The van der Waals surface area contributed by atoms with Gasteiger partial charge in [0, 0.05) is 13.0 Å². The Morgan fingerprint density at radius 3 is 2.75 bits per heavy atom. The minimum Gasteiger partial charge on any atom is -0.464 e. The highest BCUT2D eigenvalue weighted by Gasteiger charge is 2.36. The van der Waals surface area contributed by atoms with E-state index in [0.717, 1.165) is 12.2 Å². The van der Waals surface area contributed by atoms with Crippen LogP contribution in [-0.2, 0) is 16.6 Å². The molecule has 0 bridgehead atoms. The number of hydrogen-bond acceptors (Lipinski definition) is 4. The van der Waals surface area contributed by atoms with Gasteiger partial charge < -0.3 is 4.42 Å². The molecule has 2 aromatic rings. The van der Waals surface area contributed by atoms with Crippen LogP contribution in [0, 0.1) is 5.92 Å². The highest BCUT2D eigenvalue weighted by atomic mass is 32.2. The fourth-order valence-electron chi connectivity index (χ4n) is 2.27. The summed E-state index contributed by atoms with van der Waals surface area (Å²) in [5, 5.41) is 1.76. The first-order valence-electron chi connectivity index (χ1n) is 6.57. The van der Waals surface area contributed by atoms with Gasteiger partial charge in [0.05, 0.1) is 6.54 Å². The van der Waals surface area contributed by atoms with E-state index in [-0.39, 0.29) is 6.54 Å². The minimum atomic E-state index is -3.41. The molecule has 0 radical (unpaired) electrons. The van der Waals surface area contributed by atoms with E-state index in [1.807, 2.05) is 12.1 Å². The fraction of sp³-hybridized carbons (Fsp3) is 0.429. The molecule has 0 aliphatic heterocycles. The van der Waals surface area contributed by atoms with Gasteiger partial charge in [0.15, 0.2) is 0 Å². The SMILES string of the molecule is C[C@H]1C[C@H]1c1ccc(CN(C)S(=O)(=O)c2cccs2)o1. The van der Waals surface area contributed by atoms with Crippen LogP contribution in [0.4, 0.5) is 0 Å². The van der Waals surface area contributed by atoms with Crippen molar-refractivity contribution in [1.82, 2.24) is 4.31 Å². The van der Waals surface area contributed by atoms with Crippen molar-refractivity contribution in [1.29, 1.82) is 0 Å². The number of thiophene rings is 1. The van der Waals surface area contributed by atoms with Crippen molar-refractivity contribution < 1.29 is 12.8 Å². The molecule has 1 aliphatic rings. The summed E-state index contributed by atoms with van der Waals surface area (Å²) < 4.78 is 32.0. The standard InChI is InChI=1S/C14H17NO3S2/c1-10-8-12(10)13-6-5-11(18-13)9-15(2)20(16,17)14-4-3-7-19-14/h3-7,10,12H,8-9H2,1-2H3/t10-,12+/m0/s1. The number of nitrogens with zero attached hydrogens (tertiary/aromatic N) is 1. The Morgan fingerprint density at radius 2 is 2.15 bits per heavy atom. The van der Waals surface area contributed by atoms with Gasteiger partial charge in [-0.1, -0.05) is 13.0 Å². The van der Waals surface area contributed by atoms with Crippen LogP contribution in [0.2, 0.25) is 0 Å². The Balaban J connectivity index is 1.73. The molecule has 0 amide bonds. The molecule has 0 aromatic carbocycles. The second-order valence-electron chi connectivity index (χ2n) is 5.32. The largest absolute Gasteiger partial charge is 0.464 e. The molecule has 0 N–H and O–H groups in total. The third kappa shape index (κ3) is 2.55. The summed E-state index contributed by atoms with van der Waals surface area (Å²) in [4.78, 5) is 0. The molecule has 2 heterocycles. The van der Waals surface area contributed by atoms with Crippen molar-refractivity contribution in [2.24, 2.45) is 5.92 Å². The molecule has 1 saturated carbocycles. The van der Waals surface area contributed by atoms with Gasteiger partial charge in [-0.25, -0.2) is 8.42 Å². The Morgan fingerprint density at radius 1 is 1.40 bits per heavy atom. The molecule has 1 aliphatic carbocycles. The lowest BCUT2D eigenvalue weighted by Crippen LogP contribution is -2.25. The van der Waals surface area contributed by atoms with Gasteiger partial charge >= 0.3 is 0 Å². The summed E-state index contributed by atoms with van der Waals surface area (Å²) >= 11 is 1.23. The normalized spacial score (nSPS) is 22.4. The smallest absolute Gasteiger partial charge is 0.252 e. The summed E-state index contributed by atoms with van der Waals surface area (Å²) in [6, 6.07) is 7.21. The van der Waals surface area contributed by atoms with Crippen molar-refractivity contribution in [3.05, 3.63) is 41.2 Å². The van der Waals surface area contributed by atoms with Crippen molar-refractivity contribution >= 4 is 21.4 Å². The molecule has 4 nitrogen and oxygen atoms in total. The third-order valence-electron chi connectivity index (χ3n) is 3.70. The number of furan rings is 1. The van der Waals surface area contributed by atoms with Gasteiger partial charge in [0.2, 0.25) is 0 Å². The molecule has 0 saturated heterocycles. The lowest BCUT2D eigenvalue weighted by atomic mass is 10.3. The first-order valence-corrected chi connectivity index (χ1v) is 8.89. The van der Waals surface area contributed by atoms with Gasteiger partial charge in [-0.05, 0) is 35.9 Å². The lowest BCUT2D eigenvalue weighted by molar-refractivity contribution is 0.390. The Hall–Kier alpha value is -1.11. The van der Waals surface area contributed by atoms with Crippen LogP contribution in [0.1, 0.15) is 30.8 Å². The summed E-state index contributed by atoms with van der Waals surface area (Å²) in [5.74, 6) is 2.88. The molecule has 3 rings (SSSR count). The summed E-state index contributed by atoms with van der Waals surface area (Å²) in [6.07, 6.45) is 1.16. The number of sulfonamides is 1. The molecule has 2 aromatic heterocycles. The zero-order valence-corrected chi connectivity index (χ0v) is 13.1. The first kappa shape index (κ1) is 13.9. The summed E-state index contributed by atoms with van der Waals surface area (Å²) in [6.45, 7) is 2.46. The maximum atomic E-state index is 12.3. The van der Waals surface area contributed by atoms with Gasteiger partial charge in [-0.15, -0.1) is 11.3 Å². The number of rotatable bonds is 5. The van der Waals surface area contributed by atoms with Crippen LogP contribution in [0.5, 0.6) is 0 Å². The van der Waals surface area contributed by atoms with Crippen LogP contribution in [0.3, 0.4) is 0 Å². The average Bonchev–Trinajstić information content (AvgIpc) is 2.90. The molecule has 20 heavy (non-hydrogen) atoms. The zero-order chi connectivity index (χ0) is 14.3. The maximum Gasteiger partial charge on any atom is 0.252 e. The van der Waals surface area contributed by atoms with E-state index in [1.165, 1.54) is 15.6 Å². The van der Waals surface area contributed by atoms with E-state index in [0.29, 0.717) is 21.8 Å². The monoisotopic (exact) mass is 311 g/mol.